The minimum absolute atomic E-state index is 0.0289. The summed E-state index contributed by atoms with van der Waals surface area (Å²) in [4.78, 5) is 32.9. The number of carbonyl (C=O) groups excluding carboxylic acids is 2. The Kier molecular flexibility index (Phi) is 9.11. The summed E-state index contributed by atoms with van der Waals surface area (Å²) in [6, 6.07) is 13.7. The highest BCUT2D eigenvalue weighted by molar-refractivity contribution is 6.45. The van der Waals surface area contributed by atoms with Crippen molar-refractivity contribution in [2.24, 2.45) is 0 Å². The molecular formula is C28H29Cl2N7O4. The van der Waals surface area contributed by atoms with Gasteiger partial charge in [0.15, 0.2) is 0 Å². The summed E-state index contributed by atoms with van der Waals surface area (Å²) in [5, 5.41) is 12.9. The normalized spacial score (nSPS) is 11.2. The second kappa shape index (κ2) is 12.5. The van der Waals surface area contributed by atoms with Crippen LogP contribution in [0.2, 0.25) is 10.0 Å². The number of rotatable bonds is 8. The van der Waals surface area contributed by atoms with Crippen molar-refractivity contribution in [3.05, 3.63) is 76.0 Å². The second-order valence-corrected chi connectivity index (χ2v) is 10.8. The molecule has 0 atom stereocenters. The largest absolute Gasteiger partial charge is 0.437 e. The monoisotopic (exact) mass is 597 g/mol. The Morgan fingerprint density at radius 2 is 1.71 bits per heavy atom. The van der Waals surface area contributed by atoms with Crippen LogP contribution in [0.1, 0.15) is 32.0 Å². The molecule has 0 aliphatic rings. The number of benzene rings is 2. The summed E-state index contributed by atoms with van der Waals surface area (Å²) < 4.78 is 12.2. The molecule has 0 radical (unpaired) electrons. The van der Waals surface area contributed by atoms with Gasteiger partial charge in [0.05, 0.1) is 22.1 Å². The lowest BCUT2D eigenvalue weighted by molar-refractivity contribution is -0.119. The van der Waals surface area contributed by atoms with Crippen molar-refractivity contribution in [1.82, 2.24) is 19.7 Å². The molecule has 13 heteroatoms. The van der Waals surface area contributed by atoms with Gasteiger partial charge in [-0.1, -0.05) is 61.7 Å². The zero-order valence-electron chi connectivity index (χ0n) is 23.1. The summed E-state index contributed by atoms with van der Waals surface area (Å²) in [6.07, 6.45) is 1.41. The van der Waals surface area contributed by atoms with Crippen LogP contribution in [0.3, 0.4) is 0 Å². The number of methoxy groups -OCH3 is 1. The summed E-state index contributed by atoms with van der Waals surface area (Å²) in [7, 11) is 1.40. The number of hydrogen-bond donors (Lipinski definition) is 3. The lowest BCUT2D eigenvalue weighted by atomic mass is 9.92. The van der Waals surface area contributed by atoms with E-state index in [-0.39, 0.29) is 45.3 Å². The van der Waals surface area contributed by atoms with Gasteiger partial charge in [-0.3, -0.25) is 15.4 Å². The average Bonchev–Trinajstić information content (AvgIpc) is 3.33. The molecule has 0 saturated heterocycles. The van der Waals surface area contributed by atoms with Crippen molar-refractivity contribution in [2.75, 3.05) is 29.7 Å². The van der Waals surface area contributed by atoms with Crippen molar-refractivity contribution >= 4 is 52.6 Å². The van der Waals surface area contributed by atoms with E-state index >= 15 is 0 Å². The molecule has 2 aromatic carbocycles. The molecule has 214 valence electrons. The van der Waals surface area contributed by atoms with Gasteiger partial charge in [0.2, 0.25) is 11.8 Å². The Morgan fingerprint density at radius 3 is 2.39 bits per heavy atom. The standard InChI is InChI=1S/C28H29Cl2N7O4/c1-16-6-8-17(9-7-16)37-21(14-20(36-37)28(2,3)4)33-27(39)32-18-10-11-19(25(30)24(18)29)41-23-12-13-31-26(35-23)34-22(38)15-40-5/h6-14H,15H2,1-5H3,(H2,32,33,39)(H,31,34,35,38). The van der Waals surface area contributed by atoms with Gasteiger partial charge >= 0.3 is 6.03 Å². The molecule has 3 amide bonds. The molecule has 41 heavy (non-hydrogen) atoms. The Labute approximate surface area is 247 Å². The average molecular weight is 598 g/mol. The van der Waals surface area contributed by atoms with Crippen molar-refractivity contribution < 1.29 is 19.1 Å². The maximum atomic E-state index is 13.0. The van der Waals surface area contributed by atoms with Crippen LogP contribution in [0, 0.1) is 6.92 Å². The maximum Gasteiger partial charge on any atom is 0.324 e. The lowest BCUT2D eigenvalue weighted by Gasteiger charge is -2.14. The minimum atomic E-state index is -0.544. The predicted molar refractivity (Wildman–Crippen MR) is 159 cm³/mol. The fourth-order valence-electron chi connectivity index (χ4n) is 3.56. The number of carbonyl (C=O) groups is 2. The molecule has 0 aliphatic heterocycles. The molecule has 0 aliphatic carbocycles. The third kappa shape index (κ3) is 7.51. The van der Waals surface area contributed by atoms with Gasteiger partial charge in [-0.2, -0.15) is 10.1 Å². The Bertz CT molecular complexity index is 1570. The smallest absolute Gasteiger partial charge is 0.324 e. The van der Waals surface area contributed by atoms with Crippen LogP contribution >= 0.6 is 23.2 Å². The molecule has 0 unspecified atom stereocenters. The van der Waals surface area contributed by atoms with E-state index in [4.69, 9.17) is 37.8 Å². The molecule has 0 saturated carbocycles. The van der Waals surface area contributed by atoms with Gasteiger partial charge in [-0.25, -0.2) is 14.5 Å². The highest BCUT2D eigenvalue weighted by Crippen LogP contribution is 2.39. The summed E-state index contributed by atoms with van der Waals surface area (Å²) in [5.41, 5.74) is 2.73. The summed E-state index contributed by atoms with van der Waals surface area (Å²) >= 11 is 12.9. The van der Waals surface area contributed by atoms with E-state index in [0.717, 1.165) is 16.9 Å². The van der Waals surface area contributed by atoms with Gasteiger partial charge < -0.3 is 14.8 Å². The van der Waals surface area contributed by atoms with Crippen LogP contribution in [-0.2, 0) is 14.9 Å². The lowest BCUT2D eigenvalue weighted by Crippen LogP contribution is -2.21. The molecular weight excluding hydrogens is 569 g/mol. The van der Waals surface area contributed by atoms with Gasteiger partial charge in [0.25, 0.3) is 5.91 Å². The Hall–Kier alpha value is -4.19. The van der Waals surface area contributed by atoms with Gasteiger partial charge in [-0.05, 0) is 31.2 Å². The SMILES string of the molecule is COCC(=O)Nc1nccc(Oc2ccc(NC(=O)Nc3cc(C(C)(C)C)nn3-c3ccc(C)cc3)c(Cl)c2Cl)n1. The number of amides is 3. The van der Waals surface area contributed by atoms with Crippen LogP contribution in [0.5, 0.6) is 11.6 Å². The quantitative estimate of drug-likeness (QED) is 0.208. The first kappa shape index (κ1) is 29.8. The van der Waals surface area contributed by atoms with E-state index < -0.39 is 11.9 Å². The van der Waals surface area contributed by atoms with E-state index in [9.17, 15) is 9.59 Å². The number of urea groups is 1. The van der Waals surface area contributed by atoms with E-state index in [0.29, 0.717) is 5.82 Å². The molecule has 4 rings (SSSR count). The van der Waals surface area contributed by atoms with Crippen LogP contribution < -0.4 is 20.7 Å². The fourth-order valence-corrected chi connectivity index (χ4v) is 3.97. The van der Waals surface area contributed by atoms with Crippen molar-refractivity contribution in [1.29, 1.82) is 0 Å². The van der Waals surface area contributed by atoms with E-state index in [1.54, 1.807) is 10.7 Å². The van der Waals surface area contributed by atoms with Gasteiger partial charge in [0.1, 0.15) is 23.2 Å². The third-order valence-electron chi connectivity index (χ3n) is 5.66. The van der Waals surface area contributed by atoms with Gasteiger partial charge in [0, 0.05) is 30.9 Å². The number of nitrogens with zero attached hydrogens (tertiary/aromatic N) is 4. The number of hydrogen-bond acceptors (Lipinski definition) is 7. The number of halogens is 2. The van der Waals surface area contributed by atoms with Crippen LogP contribution in [0.4, 0.5) is 22.2 Å². The molecule has 0 fully saturated rings. The van der Waals surface area contributed by atoms with Gasteiger partial charge in [-0.15, -0.1) is 0 Å². The fraction of sp³-hybridized carbons (Fsp3) is 0.250. The van der Waals surface area contributed by atoms with E-state index in [2.05, 4.69) is 25.9 Å². The van der Waals surface area contributed by atoms with Crippen molar-refractivity contribution in [3.8, 4) is 17.3 Å². The molecule has 2 aromatic heterocycles. The maximum absolute atomic E-state index is 13.0. The third-order valence-corrected chi connectivity index (χ3v) is 6.53. The van der Waals surface area contributed by atoms with Crippen molar-refractivity contribution in [2.45, 2.75) is 33.1 Å². The minimum Gasteiger partial charge on any atom is -0.437 e. The zero-order chi connectivity index (χ0) is 29.7. The summed E-state index contributed by atoms with van der Waals surface area (Å²) in [5.74, 6) is 0.388. The highest BCUT2D eigenvalue weighted by Gasteiger charge is 2.22. The van der Waals surface area contributed by atoms with Crippen LogP contribution in [0.15, 0.2) is 54.7 Å². The molecule has 4 aromatic rings. The first-order valence-corrected chi connectivity index (χ1v) is 13.2. The zero-order valence-corrected chi connectivity index (χ0v) is 24.6. The Balaban J connectivity index is 1.50. The first-order valence-electron chi connectivity index (χ1n) is 12.5. The highest BCUT2D eigenvalue weighted by atomic mass is 35.5. The van der Waals surface area contributed by atoms with Crippen LogP contribution in [-0.4, -0.2) is 45.4 Å². The predicted octanol–water partition coefficient (Wildman–Crippen LogP) is 6.60. The molecule has 11 nitrogen and oxygen atoms in total. The topological polar surface area (TPSA) is 132 Å². The number of aromatic nitrogens is 4. The molecule has 2 heterocycles. The first-order chi connectivity index (χ1) is 19.4. The summed E-state index contributed by atoms with van der Waals surface area (Å²) in [6.45, 7) is 7.99. The van der Waals surface area contributed by atoms with Crippen molar-refractivity contribution in [3.63, 3.8) is 0 Å². The van der Waals surface area contributed by atoms with E-state index in [1.165, 1.54) is 25.4 Å². The Morgan fingerprint density at radius 1 is 0.976 bits per heavy atom. The number of ether oxygens (including phenoxy) is 2. The van der Waals surface area contributed by atoms with E-state index in [1.807, 2.05) is 58.0 Å². The molecule has 0 bridgehead atoms. The molecule has 0 spiro atoms. The number of nitrogens with one attached hydrogen (secondary N) is 3. The van der Waals surface area contributed by atoms with Crippen LogP contribution in [0.25, 0.3) is 5.69 Å². The second-order valence-electron chi connectivity index (χ2n) is 10.0. The number of aryl methyl sites for hydroxylation is 1. The number of anilines is 3. The molecule has 3 N–H and O–H groups in total.